The molecule has 0 aliphatic heterocycles. The van der Waals surface area contributed by atoms with Gasteiger partial charge in [-0.1, -0.05) is 45.1 Å². The topological polar surface area (TPSA) is 43.1 Å². The minimum absolute atomic E-state index is 0. The zero-order valence-electron chi connectivity index (χ0n) is 8.59. The van der Waals surface area contributed by atoms with Crippen LogP contribution < -0.4 is 5.73 Å². The van der Waals surface area contributed by atoms with Gasteiger partial charge in [-0.3, -0.25) is 4.79 Å². The van der Waals surface area contributed by atoms with E-state index in [1.165, 1.54) is 44.6 Å². The Morgan fingerprint density at radius 3 is 2.13 bits per heavy atom. The first-order chi connectivity index (χ1) is 6.27. The fraction of sp³-hybridized carbons (Fsp3) is 0.727. The number of amides is 1. The first-order valence-electron chi connectivity index (χ1n) is 5.23. The van der Waals surface area contributed by atoms with Gasteiger partial charge in [0.2, 0.25) is 5.91 Å². The Morgan fingerprint density at radius 2 is 1.60 bits per heavy atom. The van der Waals surface area contributed by atoms with Crippen LogP contribution in [0, 0.1) is 0 Å². The second kappa shape index (κ2) is 17.6. The number of carbonyl (C=O) groups is 1. The molecule has 0 unspecified atom stereocenters. The molecule has 0 spiro atoms. The van der Waals surface area contributed by atoms with E-state index in [1.54, 1.807) is 0 Å². The molecular weight excluding hydrogens is 208 g/mol. The maximum absolute atomic E-state index is 10.3. The third-order valence-corrected chi connectivity index (χ3v) is 2.01. The van der Waals surface area contributed by atoms with E-state index in [9.17, 15) is 4.79 Å². The molecular formula is C11H23NNa2O. The van der Waals surface area contributed by atoms with Gasteiger partial charge < -0.3 is 5.73 Å². The van der Waals surface area contributed by atoms with Crippen molar-refractivity contribution < 1.29 is 4.79 Å². The zero-order valence-corrected chi connectivity index (χ0v) is 8.59. The number of hydrogen-bond acceptors (Lipinski definition) is 1. The van der Waals surface area contributed by atoms with E-state index in [-0.39, 0.29) is 65.0 Å². The molecule has 0 rings (SSSR count). The first-order valence-corrected chi connectivity index (χ1v) is 5.23. The Balaban J connectivity index is -0.000000720. The van der Waals surface area contributed by atoms with Gasteiger partial charge in [-0.2, -0.15) is 0 Å². The Morgan fingerprint density at radius 1 is 1.07 bits per heavy atom. The second-order valence-corrected chi connectivity index (χ2v) is 3.36. The number of nitrogens with two attached hydrogens (primary N) is 1. The van der Waals surface area contributed by atoms with Crippen molar-refractivity contribution in [2.45, 2.75) is 51.9 Å². The average molecular weight is 231 g/mol. The van der Waals surface area contributed by atoms with Crippen molar-refractivity contribution in [3.05, 3.63) is 12.2 Å². The molecule has 0 saturated carbocycles. The summed E-state index contributed by atoms with van der Waals surface area (Å²) in [6.45, 7) is 2.22. The number of carbonyl (C=O) groups excluding carboxylic acids is 1. The van der Waals surface area contributed by atoms with Crippen LogP contribution in [-0.2, 0) is 4.79 Å². The third kappa shape index (κ3) is 21.1. The molecule has 0 atom stereocenters. The van der Waals surface area contributed by atoms with Crippen molar-refractivity contribution in [1.82, 2.24) is 0 Å². The molecule has 2 N–H and O–H groups in total. The Hall–Kier alpha value is 1.21. The molecule has 0 aliphatic carbocycles. The molecule has 15 heavy (non-hydrogen) atoms. The predicted molar refractivity (Wildman–Crippen MR) is 70.6 cm³/mol. The van der Waals surface area contributed by atoms with Gasteiger partial charge in [-0.25, -0.2) is 0 Å². The van der Waals surface area contributed by atoms with E-state index >= 15 is 0 Å². The molecule has 0 aromatic carbocycles. The number of rotatable bonds is 8. The quantitative estimate of drug-likeness (QED) is 0.384. The van der Waals surface area contributed by atoms with Crippen LogP contribution in [0.5, 0.6) is 0 Å². The van der Waals surface area contributed by atoms with Crippen molar-refractivity contribution >= 4 is 65.0 Å². The molecule has 4 heteroatoms. The van der Waals surface area contributed by atoms with Crippen LogP contribution in [-0.4, -0.2) is 65.0 Å². The van der Waals surface area contributed by atoms with Crippen LogP contribution in [0.2, 0.25) is 0 Å². The standard InChI is InChI=1S/C11H21NO.2Na.2H/c1-2-3-4-5-6-7-8-9-10-11(12)13;;;;/h9-10H,2-8H2,1H3,(H2,12,13);;;;. The predicted octanol–water partition coefficient (Wildman–Crippen LogP) is 1.48. The summed E-state index contributed by atoms with van der Waals surface area (Å²) in [5.41, 5.74) is 4.95. The van der Waals surface area contributed by atoms with E-state index in [0.717, 1.165) is 6.42 Å². The monoisotopic (exact) mass is 231 g/mol. The first kappa shape index (κ1) is 21.5. The van der Waals surface area contributed by atoms with Crippen molar-refractivity contribution in [2.75, 3.05) is 0 Å². The number of primary amides is 1. The van der Waals surface area contributed by atoms with Crippen molar-refractivity contribution in [3.63, 3.8) is 0 Å². The zero-order chi connectivity index (χ0) is 9.94. The Kier molecular flexibility index (Phi) is 25.2. The van der Waals surface area contributed by atoms with E-state index in [2.05, 4.69) is 6.92 Å². The van der Waals surface area contributed by atoms with Crippen LogP contribution in [0.3, 0.4) is 0 Å². The summed E-state index contributed by atoms with van der Waals surface area (Å²) in [5.74, 6) is -0.342. The molecule has 0 aliphatic rings. The van der Waals surface area contributed by atoms with Gasteiger partial charge in [0.1, 0.15) is 0 Å². The van der Waals surface area contributed by atoms with Gasteiger partial charge in [0, 0.05) is 0 Å². The normalized spacial score (nSPS) is 9.40. The molecule has 0 saturated heterocycles. The Bertz CT molecular complexity index is 161. The number of unbranched alkanes of at least 4 members (excludes halogenated alkanes) is 6. The van der Waals surface area contributed by atoms with Gasteiger partial charge in [0.25, 0.3) is 0 Å². The van der Waals surface area contributed by atoms with Crippen LogP contribution in [0.1, 0.15) is 51.9 Å². The van der Waals surface area contributed by atoms with Gasteiger partial charge in [-0.05, 0) is 18.9 Å². The SMILES string of the molecule is CCCCCCCCC=CC(N)=O.[NaH].[NaH]. The molecule has 2 nitrogen and oxygen atoms in total. The molecule has 0 radical (unpaired) electrons. The van der Waals surface area contributed by atoms with Crippen LogP contribution in [0.4, 0.5) is 0 Å². The molecule has 80 valence electrons. The summed E-state index contributed by atoms with van der Waals surface area (Å²) < 4.78 is 0. The van der Waals surface area contributed by atoms with Crippen molar-refractivity contribution in [2.24, 2.45) is 5.73 Å². The van der Waals surface area contributed by atoms with Crippen LogP contribution in [0.25, 0.3) is 0 Å². The minimum atomic E-state index is -0.342. The van der Waals surface area contributed by atoms with Gasteiger partial charge in [0.05, 0.1) is 0 Å². The Labute approximate surface area is 138 Å². The number of hydrogen-bond donors (Lipinski definition) is 1. The summed E-state index contributed by atoms with van der Waals surface area (Å²) in [6, 6.07) is 0. The maximum atomic E-state index is 10.3. The van der Waals surface area contributed by atoms with E-state index < -0.39 is 0 Å². The summed E-state index contributed by atoms with van der Waals surface area (Å²) in [7, 11) is 0. The fourth-order valence-electron chi connectivity index (χ4n) is 1.24. The molecule has 0 heterocycles. The van der Waals surface area contributed by atoms with Crippen LogP contribution >= 0.6 is 0 Å². The number of allylic oxidation sites excluding steroid dienone is 1. The molecule has 1 amide bonds. The molecule has 0 bridgehead atoms. The molecule has 0 fully saturated rings. The third-order valence-electron chi connectivity index (χ3n) is 2.01. The summed E-state index contributed by atoms with van der Waals surface area (Å²) in [5, 5.41) is 0. The summed E-state index contributed by atoms with van der Waals surface area (Å²) >= 11 is 0. The van der Waals surface area contributed by atoms with Gasteiger partial charge in [-0.15, -0.1) is 0 Å². The van der Waals surface area contributed by atoms with E-state index in [0.29, 0.717) is 0 Å². The van der Waals surface area contributed by atoms with E-state index in [1.807, 2.05) is 6.08 Å². The van der Waals surface area contributed by atoms with E-state index in [4.69, 9.17) is 5.73 Å². The van der Waals surface area contributed by atoms with Gasteiger partial charge >= 0.3 is 59.1 Å². The van der Waals surface area contributed by atoms with Crippen LogP contribution in [0.15, 0.2) is 12.2 Å². The van der Waals surface area contributed by atoms with Crippen molar-refractivity contribution in [3.8, 4) is 0 Å². The summed E-state index contributed by atoms with van der Waals surface area (Å²) in [4.78, 5) is 10.3. The average Bonchev–Trinajstić information content (AvgIpc) is 2.09. The summed E-state index contributed by atoms with van der Waals surface area (Å²) in [6.07, 6.45) is 12.0. The molecule has 0 aromatic heterocycles. The van der Waals surface area contributed by atoms with Crippen molar-refractivity contribution in [1.29, 1.82) is 0 Å². The second-order valence-electron chi connectivity index (χ2n) is 3.36. The van der Waals surface area contributed by atoms with Gasteiger partial charge in [0.15, 0.2) is 0 Å². The fourth-order valence-corrected chi connectivity index (χ4v) is 1.24. The molecule has 0 aromatic rings.